The lowest BCUT2D eigenvalue weighted by atomic mass is 10.0. The molecule has 5 nitrogen and oxygen atoms in total. The topological polar surface area (TPSA) is 55.2 Å². The largest absolute Gasteiger partial charge is 0.348 e. The molecule has 3 rings (SSSR count). The molecule has 0 saturated heterocycles. The molecular formula is C14H17N3O2S. The summed E-state index contributed by atoms with van der Waals surface area (Å²) in [6.07, 6.45) is 5.40. The first-order valence-corrected chi connectivity index (χ1v) is 8.29. The molecule has 1 aliphatic rings. The fraction of sp³-hybridized carbons (Fsp3) is 0.357. The van der Waals surface area contributed by atoms with Crippen LogP contribution in [0.5, 0.6) is 0 Å². The van der Waals surface area contributed by atoms with Gasteiger partial charge in [0.1, 0.15) is 0 Å². The number of aromatic nitrogens is 2. The van der Waals surface area contributed by atoms with Crippen molar-refractivity contribution >= 4 is 10.0 Å². The van der Waals surface area contributed by atoms with Crippen LogP contribution >= 0.6 is 0 Å². The highest BCUT2D eigenvalue weighted by Gasteiger charge is 2.35. The predicted molar refractivity (Wildman–Crippen MR) is 76.7 cm³/mol. The summed E-state index contributed by atoms with van der Waals surface area (Å²) in [6.45, 7) is 2.89. The zero-order valence-corrected chi connectivity index (χ0v) is 12.1. The molecule has 0 bridgehead atoms. The third-order valence-corrected chi connectivity index (χ3v) is 5.58. The molecule has 0 radical (unpaired) electrons. The maximum Gasteiger partial charge on any atom is 0.214 e. The van der Waals surface area contributed by atoms with E-state index in [9.17, 15) is 8.42 Å². The molecule has 0 aromatic carbocycles. The van der Waals surface area contributed by atoms with Crippen LogP contribution in [-0.4, -0.2) is 34.6 Å². The van der Waals surface area contributed by atoms with Crippen molar-refractivity contribution < 1.29 is 8.42 Å². The van der Waals surface area contributed by atoms with Gasteiger partial charge in [0, 0.05) is 37.4 Å². The molecule has 6 heteroatoms. The van der Waals surface area contributed by atoms with E-state index in [-0.39, 0.29) is 11.8 Å². The predicted octanol–water partition coefficient (Wildman–Crippen LogP) is 1.64. The Morgan fingerprint density at radius 1 is 1.25 bits per heavy atom. The summed E-state index contributed by atoms with van der Waals surface area (Å²) in [5, 5.41) is 0. The average Bonchev–Trinajstić information content (AvgIpc) is 2.95. The Labute approximate surface area is 118 Å². The highest BCUT2D eigenvalue weighted by molar-refractivity contribution is 7.89. The van der Waals surface area contributed by atoms with Gasteiger partial charge in [-0.25, -0.2) is 8.42 Å². The van der Waals surface area contributed by atoms with Crippen LogP contribution in [0.1, 0.15) is 24.2 Å². The number of pyridine rings is 1. The van der Waals surface area contributed by atoms with Crippen molar-refractivity contribution in [2.45, 2.75) is 19.5 Å². The van der Waals surface area contributed by atoms with E-state index >= 15 is 0 Å². The fourth-order valence-electron chi connectivity index (χ4n) is 2.71. The minimum Gasteiger partial charge on any atom is -0.348 e. The molecule has 3 heterocycles. The van der Waals surface area contributed by atoms with Crippen LogP contribution in [0.2, 0.25) is 0 Å². The molecular weight excluding hydrogens is 274 g/mol. The van der Waals surface area contributed by atoms with Crippen molar-refractivity contribution in [2.75, 3.05) is 12.3 Å². The zero-order valence-electron chi connectivity index (χ0n) is 11.3. The SMILES string of the molecule is CCS(=O)(=O)N1CCn2cccc2C1c1ccncc1. The van der Waals surface area contributed by atoms with Crippen LogP contribution in [0, 0.1) is 0 Å². The van der Waals surface area contributed by atoms with Crippen LogP contribution in [0.15, 0.2) is 42.9 Å². The van der Waals surface area contributed by atoms with Gasteiger partial charge in [0.2, 0.25) is 10.0 Å². The Hall–Kier alpha value is -1.66. The standard InChI is InChI=1S/C14H17N3O2S/c1-2-20(18,19)17-11-10-16-9-3-4-13(16)14(17)12-5-7-15-8-6-12/h3-9,14H,2,10-11H2,1H3. The molecule has 1 aliphatic heterocycles. The van der Waals surface area contributed by atoms with Crippen LogP contribution in [0.25, 0.3) is 0 Å². The van der Waals surface area contributed by atoms with E-state index in [1.165, 1.54) is 0 Å². The Bertz CT molecular complexity index is 694. The van der Waals surface area contributed by atoms with E-state index in [0.717, 1.165) is 11.3 Å². The summed E-state index contributed by atoms with van der Waals surface area (Å²) in [6, 6.07) is 7.46. The van der Waals surface area contributed by atoms with Gasteiger partial charge < -0.3 is 4.57 Å². The normalized spacial score (nSPS) is 19.8. The van der Waals surface area contributed by atoms with Gasteiger partial charge in [0.15, 0.2) is 0 Å². The summed E-state index contributed by atoms with van der Waals surface area (Å²) < 4.78 is 28.5. The molecule has 0 saturated carbocycles. The quantitative estimate of drug-likeness (QED) is 0.864. The van der Waals surface area contributed by atoms with E-state index in [2.05, 4.69) is 9.55 Å². The number of fused-ring (bicyclic) bond motifs is 1. The highest BCUT2D eigenvalue weighted by atomic mass is 32.2. The molecule has 106 valence electrons. The van der Waals surface area contributed by atoms with Crippen LogP contribution < -0.4 is 0 Å². The van der Waals surface area contributed by atoms with Gasteiger partial charge in [-0.15, -0.1) is 0 Å². The van der Waals surface area contributed by atoms with E-state index in [0.29, 0.717) is 13.1 Å². The van der Waals surface area contributed by atoms with Crippen molar-refractivity contribution in [3.63, 3.8) is 0 Å². The number of hydrogen-bond acceptors (Lipinski definition) is 3. The summed E-state index contributed by atoms with van der Waals surface area (Å²) in [7, 11) is -3.24. The second-order valence-electron chi connectivity index (χ2n) is 4.82. The van der Waals surface area contributed by atoms with Gasteiger partial charge in [-0.05, 0) is 36.8 Å². The maximum absolute atomic E-state index is 12.4. The molecule has 2 aromatic rings. The molecule has 0 spiro atoms. The van der Waals surface area contributed by atoms with Gasteiger partial charge in [0.05, 0.1) is 11.8 Å². The Morgan fingerprint density at radius 3 is 2.70 bits per heavy atom. The second-order valence-corrected chi connectivity index (χ2v) is 7.03. The van der Waals surface area contributed by atoms with E-state index in [1.807, 2.05) is 30.5 Å². The molecule has 1 atom stereocenters. The molecule has 0 aliphatic carbocycles. The summed E-state index contributed by atoms with van der Waals surface area (Å²) in [4.78, 5) is 4.02. The van der Waals surface area contributed by atoms with Crippen LogP contribution in [0.3, 0.4) is 0 Å². The first-order valence-electron chi connectivity index (χ1n) is 6.68. The third-order valence-electron chi connectivity index (χ3n) is 3.74. The Morgan fingerprint density at radius 2 is 2.00 bits per heavy atom. The first kappa shape index (κ1) is 13.3. The van der Waals surface area contributed by atoms with Crippen molar-refractivity contribution in [3.05, 3.63) is 54.1 Å². The molecule has 2 aromatic heterocycles. The lowest BCUT2D eigenvalue weighted by Crippen LogP contribution is -2.43. The molecule has 0 N–H and O–H groups in total. The third kappa shape index (κ3) is 2.14. The lowest BCUT2D eigenvalue weighted by molar-refractivity contribution is 0.299. The van der Waals surface area contributed by atoms with Crippen molar-refractivity contribution in [3.8, 4) is 0 Å². The Kier molecular flexibility index (Phi) is 3.35. The van der Waals surface area contributed by atoms with E-state index in [1.54, 1.807) is 23.6 Å². The molecule has 0 fully saturated rings. The summed E-state index contributed by atoms with van der Waals surface area (Å²) in [5.74, 6) is 0.120. The minimum absolute atomic E-state index is 0.120. The Balaban J connectivity index is 2.13. The first-order chi connectivity index (χ1) is 9.63. The smallest absolute Gasteiger partial charge is 0.214 e. The van der Waals surface area contributed by atoms with Gasteiger partial charge >= 0.3 is 0 Å². The van der Waals surface area contributed by atoms with Crippen molar-refractivity contribution in [2.24, 2.45) is 0 Å². The lowest BCUT2D eigenvalue weighted by Gasteiger charge is -2.36. The summed E-state index contributed by atoms with van der Waals surface area (Å²) >= 11 is 0. The minimum atomic E-state index is -3.24. The van der Waals surface area contributed by atoms with Gasteiger partial charge in [-0.2, -0.15) is 4.31 Å². The van der Waals surface area contributed by atoms with Crippen molar-refractivity contribution in [1.29, 1.82) is 0 Å². The monoisotopic (exact) mass is 291 g/mol. The van der Waals surface area contributed by atoms with E-state index < -0.39 is 10.0 Å². The van der Waals surface area contributed by atoms with E-state index in [4.69, 9.17) is 0 Å². The van der Waals surface area contributed by atoms with Gasteiger partial charge in [0.25, 0.3) is 0 Å². The number of sulfonamides is 1. The maximum atomic E-state index is 12.4. The average molecular weight is 291 g/mol. The van der Waals surface area contributed by atoms with Crippen LogP contribution in [0.4, 0.5) is 0 Å². The van der Waals surface area contributed by atoms with Gasteiger partial charge in [-0.3, -0.25) is 4.98 Å². The highest BCUT2D eigenvalue weighted by Crippen LogP contribution is 2.34. The zero-order chi connectivity index (χ0) is 14.2. The number of rotatable bonds is 3. The number of nitrogens with zero attached hydrogens (tertiary/aromatic N) is 3. The molecule has 0 amide bonds. The van der Waals surface area contributed by atoms with Crippen molar-refractivity contribution in [1.82, 2.24) is 13.9 Å². The fourth-order valence-corrected chi connectivity index (χ4v) is 3.95. The molecule has 20 heavy (non-hydrogen) atoms. The summed E-state index contributed by atoms with van der Waals surface area (Å²) in [5.41, 5.74) is 1.97. The number of hydrogen-bond donors (Lipinski definition) is 0. The van der Waals surface area contributed by atoms with Gasteiger partial charge in [-0.1, -0.05) is 0 Å². The molecule has 1 unspecified atom stereocenters. The second kappa shape index (κ2) is 5.03. The van der Waals surface area contributed by atoms with Crippen LogP contribution in [-0.2, 0) is 16.6 Å².